The van der Waals surface area contributed by atoms with Crippen LogP contribution in [0.3, 0.4) is 0 Å². The Morgan fingerprint density at radius 2 is 2.36 bits per heavy atom. The van der Waals surface area contributed by atoms with Crippen molar-refractivity contribution >= 4 is 5.69 Å². The Morgan fingerprint density at radius 1 is 1.57 bits per heavy atom. The average Bonchev–Trinajstić information content (AvgIpc) is 2.12. The van der Waals surface area contributed by atoms with Crippen LogP contribution in [0.1, 0.15) is 12.5 Å². The molecule has 0 aliphatic carbocycles. The SMILES string of the molecule is CCN(c1ccncc1C)C1CNC1. The zero-order chi connectivity index (χ0) is 9.97. The zero-order valence-electron chi connectivity index (χ0n) is 8.83. The first kappa shape index (κ1) is 9.46. The Balaban J connectivity index is 2.22. The summed E-state index contributed by atoms with van der Waals surface area (Å²) in [7, 11) is 0. The number of pyridine rings is 1. The number of nitrogens with zero attached hydrogens (tertiary/aromatic N) is 2. The first-order valence-electron chi connectivity index (χ1n) is 5.21. The maximum atomic E-state index is 4.12. The number of hydrogen-bond acceptors (Lipinski definition) is 3. The summed E-state index contributed by atoms with van der Waals surface area (Å²) in [5.41, 5.74) is 2.59. The Bertz CT molecular complexity index is 307. The number of anilines is 1. The molecule has 1 fully saturated rings. The van der Waals surface area contributed by atoms with Gasteiger partial charge in [-0.1, -0.05) is 0 Å². The van der Waals surface area contributed by atoms with Crippen LogP contribution < -0.4 is 10.2 Å². The van der Waals surface area contributed by atoms with Gasteiger partial charge in [0.15, 0.2) is 0 Å². The number of aromatic nitrogens is 1. The van der Waals surface area contributed by atoms with Gasteiger partial charge in [-0.2, -0.15) is 0 Å². The lowest BCUT2D eigenvalue weighted by molar-refractivity contribution is 0.417. The summed E-state index contributed by atoms with van der Waals surface area (Å²) in [5.74, 6) is 0. The van der Waals surface area contributed by atoms with E-state index in [-0.39, 0.29) is 0 Å². The lowest BCUT2D eigenvalue weighted by Gasteiger charge is -2.39. The largest absolute Gasteiger partial charge is 0.366 e. The van der Waals surface area contributed by atoms with E-state index in [1.165, 1.54) is 11.3 Å². The average molecular weight is 191 g/mol. The highest BCUT2D eigenvalue weighted by atomic mass is 15.2. The Hall–Kier alpha value is -1.09. The molecule has 0 bridgehead atoms. The summed E-state index contributed by atoms with van der Waals surface area (Å²) >= 11 is 0. The van der Waals surface area contributed by atoms with E-state index in [0.29, 0.717) is 6.04 Å². The summed E-state index contributed by atoms with van der Waals surface area (Å²) in [6.07, 6.45) is 3.81. The van der Waals surface area contributed by atoms with Crippen molar-refractivity contribution < 1.29 is 0 Å². The van der Waals surface area contributed by atoms with Crippen molar-refractivity contribution in [1.82, 2.24) is 10.3 Å². The fraction of sp³-hybridized carbons (Fsp3) is 0.545. The molecule has 0 radical (unpaired) electrons. The van der Waals surface area contributed by atoms with Crippen LogP contribution in [0, 0.1) is 6.92 Å². The molecule has 0 atom stereocenters. The van der Waals surface area contributed by atoms with Crippen LogP contribution in [-0.2, 0) is 0 Å². The van der Waals surface area contributed by atoms with E-state index in [1.54, 1.807) is 0 Å². The quantitative estimate of drug-likeness (QED) is 0.778. The highest BCUT2D eigenvalue weighted by Gasteiger charge is 2.24. The van der Waals surface area contributed by atoms with Crippen LogP contribution in [-0.4, -0.2) is 30.7 Å². The molecule has 3 heteroatoms. The van der Waals surface area contributed by atoms with Gasteiger partial charge < -0.3 is 10.2 Å². The van der Waals surface area contributed by atoms with Gasteiger partial charge in [-0.05, 0) is 25.5 Å². The lowest BCUT2D eigenvalue weighted by Crippen LogP contribution is -2.57. The second-order valence-electron chi connectivity index (χ2n) is 3.76. The number of rotatable bonds is 3. The van der Waals surface area contributed by atoms with Crippen molar-refractivity contribution in [3.05, 3.63) is 24.0 Å². The maximum absolute atomic E-state index is 4.12. The smallest absolute Gasteiger partial charge is 0.0539 e. The molecule has 3 nitrogen and oxygen atoms in total. The van der Waals surface area contributed by atoms with Crippen molar-refractivity contribution in [3.63, 3.8) is 0 Å². The molecule has 14 heavy (non-hydrogen) atoms. The fourth-order valence-electron chi connectivity index (χ4n) is 1.91. The third kappa shape index (κ3) is 1.60. The van der Waals surface area contributed by atoms with Crippen LogP contribution in [0.4, 0.5) is 5.69 Å². The molecule has 2 rings (SSSR count). The summed E-state index contributed by atoms with van der Waals surface area (Å²) in [4.78, 5) is 6.57. The van der Waals surface area contributed by atoms with Gasteiger partial charge in [-0.3, -0.25) is 4.98 Å². The predicted molar refractivity (Wildman–Crippen MR) is 58.7 cm³/mol. The van der Waals surface area contributed by atoms with Crippen molar-refractivity contribution in [2.45, 2.75) is 19.9 Å². The molecular formula is C11H17N3. The number of hydrogen-bond donors (Lipinski definition) is 1. The number of likely N-dealkylation sites (N-methyl/N-ethyl adjacent to an activating group) is 1. The van der Waals surface area contributed by atoms with Gasteiger partial charge in [-0.25, -0.2) is 0 Å². The van der Waals surface area contributed by atoms with E-state index in [9.17, 15) is 0 Å². The molecule has 0 amide bonds. The number of aryl methyl sites for hydroxylation is 1. The summed E-state index contributed by atoms with van der Waals surface area (Å²) in [6.45, 7) is 7.61. The molecule has 0 saturated carbocycles. The number of nitrogens with one attached hydrogen (secondary N) is 1. The Kier molecular flexibility index (Phi) is 2.68. The van der Waals surface area contributed by atoms with Gasteiger partial charge in [-0.15, -0.1) is 0 Å². The third-order valence-corrected chi connectivity index (χ3v) is 2.84. The topological polar surface area (TPSA) is 28.2 Å². The highest BCUT2D eigenvalue weighted by molar-refractivity contribution is 5.52. The normalized spacial score (nSPS) is 16.4. The second kappa shape index (κ2) is 3.96. The molecule has 0 spiro atoms. The Morgan fingerprint density at radius 3 is 2.86 bits per heavy atom. The maximum Gasteiger partial charge on any atom is 0.0539 e. The van der Waals surface area contributed by atoms with Crippen molar-refractivity contribution in [2.24, 2.45) is 0 Å². The van der Waals surface area contributed by atoms with Gasteiger partial charge in [0.2, 0.25) is 0 Å². The molecule has 0 aromatic carbocycles. The second-order valence-corrected chi connectivity index (χ2v) is 3.76. The van der Waals surface area contributed by atoms with Gasteiger partial charge in [0.1, 0.15) is 0 Å². The van der Waals surface area contributed by atoms with Gasteiger partial charge >= 0.3 is 0 Å². The van der Waals surface area contributed by atoms with Crippen LogP contribution in [0.5, 0.6) is 0 Å². The monoisotopic (exact) mass is 191 g/mol. The predicted octanol–water partition coefficient (Wildman–Crippen LogP) is 1.19. The third-order valence-electron chi connectivity index (χ3n) is 2.84. The van der Waals surface area contributed by atoms with Crippen LogP contribution >= 0.6 is 0 Å². The molecule has 1 aliphatic heterocycles. The molecule has 0 unspecified atom stereocenters. The van der Waals surface area contributed by atoms with Crippen LogP contribution in [0.2, 0.25) is 0 Å². The van der Waals surface area contributed by atoms with Gasteiger partial charge in [0, 0.05) is 37.7 Å². The van der Waals surface area contributed by atoms with Crippen molar-refractivity contribution in [3.8, 4) is 0 Å². The fourth-order valence-corrected chi connectivity index (χ4v) is 1.91. The molecule has 1 saturated heterocycles. The summed E-state index contributed by atoms with van der Waals surface area (Å²) < 4.78 is 0. The van der Waals surface area contributed by atoms with Crippen LogP contribution in [0.25, 0.3) is 0 Å². The first-order valence-corrected chi connectivity index (χ1v) is 5.21. The lowest BCUT2D eigenvalue weighted by atomic mass is 10.1. The summed E-state index contributed by atoms with van der Waals surface area (Å²) in [6, 6.07) is 2.78. The highest BCUT2D eigenvalue weighted by Crippen LogP contribution is 2.21. The minimum atomic E-state index is 0.668. The molecular weight excluding hydrogens is 174 g/mol. The first-order chi connectivity index (χ1) is 6.83. The van der Waals surface area contributed by atoms with Crippen LogP contribution in [0.15, 0.2) is 18.5 Å². The van der Waals surface area contributed by atoms with E-state index in [4.69, 9.17) is 0 Å². The van der Waals surface area contributed by atoms with Crippen molar-refractivity contribution in [2.75, 3.05) is 24.5 Å². The van der Waals surface area contributed by atoms with E-state index < -0.39 is 0 Å². The summed E-state index contributed by atoms with van der Waals surface area (Å²) in [5, 5.41) is 3.31. The molecule has 1 N–H and O–H groups in total. The molecule has 1 aromatic heterocycles. The minimum absolute atomic E-state index is 0.668. The van der Waals surface area contributed by atoms with Crippen molar-refractivity contribution in [1.29, 1.82) is 0 Å². The van der Waals surface area contributed by atoms with Gasteiger partial charge in [0.25, 0.3) is 0 Å². The standard InChI is InChI=1S/C11H17N3/c1-3-14(10-7-13-8-10)11-4-5-12-6-9(11)2/h4-6,10,13H,3,7-8H2,1-2H3. The molecule has 2 heterocycles. The zero-order valence-corrected chi connectivity index (χ0v) is 8.83. The van der Waals surface area contributed by atoms with Gasteiger partial charge in [0.05, 0.1) is 6.04 Å². The van der Waals surface area contributed by atoms with E-state index in [0.717, 1.165) is 19.6 Å². The Labute approximate surface area is 85.1 Å². The van der Waals surface area contributed by atoms with E-state index in [2.05, 4.69) is 35.1 Å². The van der Waals surface area contributed by atoms with E-state index >= 15 is 0 Å². The van der Waals surface area contributed by atoms with E-state index in [1.807, 2.05) is 12.4 Å². The molecule has 76 valence electrons. The molecule has 1 aromatic rings. The minimum Gasteiger partial charge on any atom is -0.366 e. The molecule has 1 aliphatic rings.